The van der Waals surface area contributed by atoms with E-state index < -0.39 is 0 Å². The second-order valence-electron chi connectivity index (χ2n) is 5.80. The summed E-state index contributed by atoms with van der Waals surface area (Å²) in [7, 11) is 0. The SMILES string of the molecule is CCC(C)NCCC(=O)Nc1ccc(N2CCCC2)cc1. The Morgan fingerprint density at radius 1 is 1.24 bits per heavy atom. The van der Waals surface area contributed by atoms with Gasteiger partial charge in [-0.2, -0.15) is 0 Å². The third-order valence-corrected chi connectivity index (χ3v) is 4.08. The minimum atomic E-state index is 0.0692. The number of nitrogens with one attached hydrogen (secondary N) is 2. The van der Waals surface area contributed by atoms with Gasteiger partial charge in [-0.3, -0.25) is 4.79 Å². The van der Waals surface area contributed by atoms with E-state index in [-0.39, 0.29) is 5.91 Å². The van der Waals surface area contributed by atoms with E-state index in [4.69, 9.17) is 0 Å². The van der Waals surface area contributed by atoms with Gasteiger partial charge in [-0.1, -0.05) is 6.92 Å². The van der Waals surface area contributed by atoms with Crippen LogP contribution >= 0.6 is 0 Å². The van der Waals surface area contributed by atoms with Crippen LogP contribution in [0, 0.1) is 0 Å². The van der Waals surface area contributed by atoms with Gasteiger partial charge in [-0.05, 0) is 50.5 Å². The minimum Gasteiger partial charge on any atom is -0.372 e. The molecule has 0 bridgehead atoms. The molecular formula is C17H27N3O. The Labute approximate surface area is 127 Å². The lowest BCUT2D eigenvalue weighted by molar-refractivity contribution is -0.116. The van der Waals surface area contributed by atoms with Gasteiger partial charge < -0.3 is 15.5 Å². The lowest BCUT2D eigenvalue weighted by atomic mass is 10.2. The van der Waals surface area contributed by atoms with Crippen LogP contribution in [0.4, 0.5) is 11.4 Å². The van der Waals surface area contributed by atoms with Gasteiger partial charge in [-0.25, -0.2) is 0 Å². The standard InChI is InChI=1S/C17H27N3O/c1-3-14(2)18-11-10-17(21)19-15-6-8-16(9-7-15)20-12-4-5-13-20/h6-9,14,18H,3-5,10-13H2,1-2H3,(H,19,21). The van der Waals surface area contributed by atoms with Crippen LogP contribution in [0.25, 0.3) is 0 Å². The zero-order chi connectivity index (χ0) is 15.1. The van der Waals surface area contributed by atoms with Crippen LogP contribution < -0.4 is 15.5 Å². The molecule has 4 nitrogen and oxygen atoms in total. The number of nitrogens with zero attached hydrogens (tertiary/aromatic N) is 1. The maximum absolute atomic E-state index is 11.9. The van der Waals surface area contributed by atoms with E-state index >= 15 is 0 Å². The van der Waals surface area contributed by atoms with E-state index in [2.05, 4.69) is 41.5 Å². The Balaban J connectivity index is 1.75. The van der Waals surface area contributed by atoms with Gasteiger partial charge in [0.1, 0.15) is 0 Å². The molecule has 1 aliphatic rings. The molecule has 0 radical (unpaired) electrons. The van der Waals surface area contributed by atoms with E-state index in [9.17, 15) is 4.79 Å². The van der Waals surface area contributed by atoms with Crippen molar-refractivity contribution in [1.82, 2.24) is 5.32 Å². The maximum atomic E-state index is 11.9. The molecule has 0 aliphatic carbocycles. The summed E-state index contributed by atoms with van der Waals surface area (Å²) in [6.45, 7) is 7.29. The predicted octanol–water partition coefficient (Wildman–Crippen LogP) is 3.00. The third-order valence-electron chi connectivity index (χ3n) is 4.08. The molecule has 1 amide bonds. The van der Waals surface area contributed by atoms with Crippen molar-refractivity contribution in [3.05, 3.63) is 24.3 Å². The van der Waals surface area contributed by atoms with Gasteiger partial charge in [0, 0.05) is 43.5 Å². The summed E-state index contributed by atoms with van der Waals surface area (Å²) < 4.78 is 0. The lowest BCUT2D eigenvalue weighted by Crippen LogP contribution is -2.28. The summed E-state index contributed by atoms with van der Waals surface area (Å²) in [6.07, 6.45) is 4.15. The molecule has 1 atom stereocenters. The second-order valence-corrected chi connectivity index (χ2v) is 5.80. The summed E-state index contributed by atoms with van der Waals surface area (Å²) in [5, 5.41) is 6.28. The maximum Gasteiger partial charge on any atom is 0.225 e. The van der Waals surface area contributed by atoms with E-state index in [0.29, 0.717) is 12.5 Å². The van der Waals surface area contributed by atoms with Gasteiger partial charge in [0.25, 0.3) is 0 Å². The quantitative estimate of drug-likeness (QED) is 0.811. The summed E-state index contributed by atoms with van der Waals surface area (Å²) in [5.74, 6) is 0.0692. The number of rotatable bonds is 7. The Kier molecular flexibility index (Phi) is 6.05. The lowest BCUT2D eigenvalue weighted by Gasteiger charge is -2.17. The van der Waals surface area contributed by atoms with Crippen LogP contribution in [0.2, 0.25) is 0 Å². The Morgan fingerprint density at radius 2 is 1.90 bits per heavy atom. The minimum absolute atomic E-state index is 0.0692. The first kappa shape index (κ1) is 15.8. The number of benzene rings is 1. The topological polar surface area (TPSA) is 44.4 Å². The van der Waals surface area contributed by atoms with Gasteiger partial charge in [0.05, 0.1) is 0 Å². The number of anilines is 2. The first-order valence-electron chi connectivity index (χ1n) is 8.07. The number of hydrogen-bond acceptors (Lipinski definition) is 3. The molecule has 1 aliphatic heterocycles. The van der Waals surface area contributed by atoms with Crippen molar-refractivity contribution in [3.63, 3.8) is 0 Å². The average Bonchev–Trinajstić information content (AvgIpc) is 3.02. The molecule has 1 heterocycles. The van der Waals surface area contributed by atoms with Crippen LogP contribution in [-0.2, 0) is 4.79 Å². The highest BCUT2D eigenvalue weighted by molar-refractivity contribution is 5.91. The van der Waals surface area contributed by atoms with Crippen LogP contribution in [0.1, 0.15) is 39.5 Å². The summed E-state index contributed by atoms with van der Waals surface area (Å²) in [4.78, 5) is 14.3. The highest BCUT2D eigenvalue weighted by Crippen LogP contribution is 2.22. The number of carbonyl (C=O) groups excluding carboxylic acids is 1. The molecule has 2 N–H and O–H groups in total. The highest BCUT2D eigenvalue weighted by Gasteiger charge is 2.12. The van der Waals surface area contributed by atoms with Crippen molar-refractivity contribution < 1.29 is 4.79 Å². The van der Waals surface area contributed by atoms with E-state index in [1.165, 1.54) is 18.5 Å². The molecule has 1 aromatic carbocycles. The predicted molar refractivity (Wildman–Crippen MR) is 88.9 cm³/mol. The van der Waals surface area contributed by atoms with Crippen molar-refractivity contribution >= 4 is 17.3 Å². The first-order valence-corrected chi connectivity index (χ1v) is 8.07. The van der Waals surface area contributed by atoms with Gasteiger partial charge >= 0.3 is 0 Å². The molecule has 4 heteroatoms. The molecule has 1 aromatic rings. The van der Waals surface area contributed by atoms with Crippen molar-refractivity contribution in [1.29, 1.82) is 0 Å². The van der Waals surface area contributed by atoms with Crippen LogP contribution in [0.5, 0.6) is 0 Å². The molecule has 1 fully saturated rings. The van der Waals surface area contributed by atoms with Crippen LogP contribution in [-0.4, -0.2) is 31.6 Å². The fourth-order valence-corrected chi connectivity index (χ4v) is 2.53. The molecule has 1 unspecified atom stereocenters. The molecule has 2 rings (SSSR count). The number of carbonyl (C=O) groups is 1. The fourth-order valence-electron chi connectivity index (χ4n) is 2.53. The number of amides is 1. The zero-order valence-corrected chi connectivity index (χ0v) is 13.2. The van der Waals surface area contributed by atoms with Gasteiger partial charge in [-0.15, -0.1) is 0 Å². The molecular weight excluding hydrogens is 262 g/mol. The first-order chi connectivity index (χ1) is 10.2. The van der Waals surface area contributed by atoms with E-state index in [1.54, 1.807) is 0 Å². The Morgan fingerprint density at radius 3 is 2.52 bits per heavy atom. The highest BCUT2D eigenvalue weighted by atomic mass is 16.1. The van der Waals surface area contributed by atoms with E-state index in [0.717, 1.165) is 31.7 Å². The van der Waals surface area contributed by atoms with Crippen LogP contribution in [0.3, 0.4) is 0 Å². The van der Waals surface area contributed by atoms with Crippen molar-refractivity contribution in [2.24, 2.45) is 0 Å². The molecule has 116 valence electrons. The van der Waals surface area contributed by atoms with Crippen molar-refractivity contribution in [3.8, 4) is 0 Å². The Bertz CT molecular complexity index is 438. The largest absolute Gasteiger partial charge is 0.372 e. The molecule has 21 heavy (non-hydrogen) atoms. The Hall–Kier alpha value is -1.55. The molecule has 0 saturated carbocycles. The van der Waals surface area contributed by atoms with Gasteiger partial charge in [0.2, 0.25) is 5.91 Å². The average molecular weight is 289 g/mol. The van der Waals surface area contributed by atoms with Crippen molar-refractivity contribution in [2.75, 3.05) is 29.9 Å². The van der Waals surface area contributed by atoms with Gasteiger partial charge in [0.15, 0.2) is 0 Å². The molecule has 1 saturated heterocycles. The molecule has 0 spiro atoms. The van der Waals surface area contributed by atoms with E-state index in [1.807, 2.05) is 12.1 Å². The zero-order valence-electron chi connectivity index (χ0n) is 13.2. The third kappa shape index (κ3) is 5.05. The smallest absolute Gasteiger partial charge is 0.225 e. The van der Waals surface area contributed by atoms with Crippen LogP contribution in [0.15, 0.2) is 24.3 Å². The number of hydrogen-bond donors (Lipinski definition) is 2. The normalized spacial score (nSPS) is 16.0. The second kappa shape index (κ2) is 8.03. The summed E-state index contributed by atoms with van der Waals surface area (Å²) in [5.41, 5.74) is 2.13. The fraction of sp³-hybridized carbons (Fsp3) is 0.588. The van der Waals surface area contributed by atoms with Crippen molar-refractivity contribution in [2.45, 2.75) is 45.6 Å². The monoisotopic (exact) mass is 289 g/mol. The summed E-state index contributed by atoms with van der Waals surface area (Å²) >= 11 is 0. The summed E-state index contributed by atoms with van der Waals surface area (Å²) in [6, 6.07) is 8.65. The molecule has 0 aromatic heterocycles.